The van der Waals surface area contributed by atoms with Crippen LogP contribution in [0.15, 0.2) is 36.9 Å². The standard InChI is InChI=1S/C13H16N6/c1-10-8-12-13(14-5-7-19(12)17-10)16-11(2)9-18-6-3-4-15-18/h3-8,11H,9H2,1-2H3,(H,14,16). The van der Waals surface area contributed by atoms with Crippen LogP contribution in [0.4, 0.5) is 5.82 Å². The van der Waals surface area contributed by atoms with E-state index in [0.29, 0.717) is 0 Å². The monoisotopic (exact) mass is 256 g/mol. The Labute approximate surface area is 111 Å². The van der Waals surface area contributed by atoms with Gasteiger partial charge < -0.3 is 5.32 Å². The van der Waals surface area contributed by atoms with Gasteiger partial charge in [-0.3, -0.25) is 4.68 Å². The van der Waals surface area contributed by atoms with Crippen molar-refractivity contribution < 1.29 is 0 Å². The summed E-state index contributed by atoms with van der Waals surface area (Å²) in [5, 5.41) is 12.0. The van der Waals surface area contributed by atoms with Crippen molar-refractivity contribution >= 4 is 11.3 Å². The van der Waals surface area contributed by atoms with Crippen molar-refractivity contribution in [2.24, 2.45) is 0 Å². The third-order valence-corrected chi connectivity index (χ3v) is 2.92. The third-order valence-electron chi connectivity index (χ3n) is 2.92. The second-order valence-electron chi connectivity index (χ2n) is 4.66. The van der Waals surface area contributed by atoms with Crippen LogP contribution in [0.25, 0.3) is 5.52 Å². The van der Waals surface area contributed by atoms with Crippen LogP contribution in [-0.2, 0) is 6.54 Å². The number of hydrogen-bond acceptors (Lipinski definition) is 4. The summed E-state index contributed by atoms with van der Waals surface area (Å²) >= 11 is 0. The van der Waals surface area contributed by atoms with Gasteiger partial charge in [0.2, 0.25) is 0 Å². The molecular weight excluding hydrogens is 240 g/mol. The molecule has 0 aliphatic carbocycles. The second-order valence-corrected chi connectivity index (χ2v) is 4.66. The largest absolute Gasteiger partial charge is 0.364 e. The molecule has 1 N–H and O–H groups in total. The smallest absolute Gasteiger partial charge is 0.152 e. The zero-order valence-corrected chi connectivity index (χ0v) is 11.0. The molecule has 6 heteroatoms. The fourth-order valence-corrected chi connectivity index (χ4v) is 2.12. The van der Waals surface area contributed by atoms with Gasteiger partial charge in [0.25, 0.3) is 0 Å². The molecule has 3 rings (SSSR count). The van der Waals surface area contributed by atoms with E-state index in [1.165, 1.54) is 0 Å². The van der Waals surface area contributed by atoms with Gasteiger partial charge in [-0.05, 0) is 26.0 Å². The van der Waals surface area contributed by atoms with E-state index in [9.17, 15) is 0 Å². The molecule has 0 bridgehead atoms. The lowest BCUT2D eigenvalue weighted by Gasteiger charge is -2.15. The fourth-order valence-electron chi connectivity index (χ4n) is 2.12. The topological polar surface area (TPSA) is 60.0 Å². The summed E-state index contributed by atoms with van der Waals surface area (Å²) in [4.78, 5) is 4.39. The van der Waals surface area contributed by atoms with Gasteiger partial charge in [0, 0.05) is 30.8 Å². The predicted molar refractivity (Wildman–Crippen MR) is 73.0 cm³/mol. The Bertz CT molecular complexity index is 670. The summed E-state index contributed by atoms with van der Waals surface area (Å²) in [6.07, 6.45) is 7.34. The van der Waals surface area contributed by atoms with Crippen LogP contribution >= 0.6 is 0 Å². The first kappa shape index (κ1) is 11.7. The van der Waals surface area contributed by atoms with Crippen molar-refractivity contribution in [1.82, 2.24) is 24.4 Å². The molecule has 98 valence electrons. The van der Waals surface area contributed by atoms with Gasteiger partial charge >= 0.3 is 0 Å². The lowest BCUT2D eigenvalue weighted by molar-refractivity contribution is 0.560. The van der Waals surface area contributed by atoms with Crippen LogP contribution in [0.2, 0.25) is 0 Å². The number of hydrogen-bond donors (Lipinski definition) is 1. The molecule has 1 unspecified atom stereocenters. The minimum Gasteiger partial charge on any atom is -0.364 e. The van der Waals surface area contributed by atoms with Crippen LogP contribution in [-0.4, -0.2) is 30.4 Å². The predicted octanol–water partition coefficient (Wildman–Crippen LogP) is 1.73. The number of aryl methyl sites for hydroxylation is 1. The van der Waals surface area contributed by atoms with Crippen molar-refractivity contribution in [1.29, 1.82) is 0 Å². The molecule has 6 nitrogen and oxygen atoms in total. The van der Waals surface area contributed by atoms with Gasteiger partial charge in [-0.25, -0.2) is 9.50 Å². The first-order chi connectivity index (χ1) is 9.22. The Morgan fingerprint density at radius 1 is 1.32 bits per heavy atom. The number of nitrogens with zero attached hydrogens (tertiary/aromatic N) is 5. The van der Waals surface area contributed by atoms with Crippen LogP contribution in [0.5, 0.6) is 0 Å². The van der Waals surface area contributed by atoms with E-state index >= 15 is 0 Å². The molecule has 0 saturated carbocycles. The highest BCUT2D eigenvalue weighted by Crippen LogP contribution is 2.15. The summed E-state index contributed by atoms with van der Waals surface area (Å²) < 4.78 is 3.74. The SMILES string of the molecule is Cc1cc2c(NC(C)Cn3cccn3)nccn2n1. The van der Waals surface area contributed by atoms with E-state index in [0.717, 1.165) is 23.6 Å². The number of anilines is 1. The van der Waals surface area contributed by atoms with Gasteiger partial charge in [0.1, 0.15) is 5.52 Å². The third kappa shape index (κ3) is 2.42. The summed E-state index contributed by atoms with van der Waals surface area (Å²) in [6.45, 7) is 4.88. The average molecular weight is 256 g/mol. The van der Waals surface area contributed by atoms with Gasteiger partial charge in [-0.2, -0.15) is 10.2 Å². The lowest BCUT2D eigenvalue weighted by atomic mass is 10.3. The molecule has 0 aliphatic heterocycles. The molecule has 3 aromatic heterocycles. The van der Waals surface area contributed by atoms with E-state index in [1.807, 2.05) is 40.6 Å². The molecule has 0 amide bonds. The van der Waals surface area contributed by atoms with Gasteiger partial charge in [0.15, 0.2) is 5.82 Å². The minimum absolute atomic E-state index is 0.230. The molecule has 3 heterocycles. The highest BCUT2D eigenvalue weighted by atomic mass is 15.3. The second kappa shape index (κ2) is 4.72. The van der Waals surface area contributed by atoms with Crippen molar-refractivity contribution in [2.75, 3.05) is 5.32 Å². The van der Waals surface area contributed by atoms with E-state index in [2.05, 4.69) is 27.4 Å². The Kier molecular flexibility index (Phi) is 2.91. The summed E-state index contributed by atoms with van der Waals surface area (Å²) in [5.74, 6) is 0.850. The number of fused-ring (bicyclic) bond motifs is 1. The van der Waals surface area contributed by atoms with E-state index in [-0.39, 0.29) is 6.04 Å². The quantitative estimate of drug-likeness (QED) is 0.772. The fraction of sp³-hybridized carbons (Fsp3) is 0.308. The highest BCUT2D eigenvalue weighted by molar-refractivity contribution is 5.67. The Balaban J connectivity index is 1.81. The maximum absolute atomic E-state index is 4.39. The molecule has 0 radical (unpaired) electrons. The van der Waals surface area contributed by atoms with Crippen molar-refractivity contribution in [3.63, 3.8) is 0 Å². The summed E-state index contributed by atoms with van der Waals surface area (Å²) in [7, 11) is 0. The van der Waals surface area contributed by atoms with E-state index in [4.69, 9.17) is 0 Å². The Morgan fingerprint density at radius 2 is 2.21 bits per heavy atom. The van der Waals surface area contributed by atoms with Crippen LogP contribution in [0.3, 0.4) is 0 Å². The molecular formula is C13H16N6. The van der Waals surface area contributed by atoms with E-state index < -0.39 is 0 Å². The summed E-state index contributed by atoms with van der Waals surface area (Å²) in [5.41, 5.74) is 1.98. The number of rotatable bonds is 4. The minimum atomic E-state index is 0.230. The molecule has 19 heavy (non-hydrogen) atoms. The van der Waals surface area contributed by atoms with Gasteiger partial charge in [0.05, 0.1) is 12.2 Å². The Hall–Kier alpha value is -2.37. The van der Waals surface area contributed by atoms with Gasteiger partial charge in [-0.1, -0.05) is 0 Å². The number of aromatic nitrogens is 5. The maximum atomic E-state index is 4.39. The molecule has 0 saturated heterocycles. The molecule has 1 atom stereocenters. The summed E-state index contributed by atoms with van der Waals surface area (Å²) in [6, 6.07) is 4.18. The maximum Gasteiger partial charge on any atom is 0.152 e. The van der Waals surface area contributed by atoms with Crippen LogP contribution in [0.1, 0.15) is 12.6 Å². The average Bonchev–Trinajstić information content (AvgIpc) is 2.97. The highest BCUT2D eigenvalue weighted by Gasteiger charge is 2.09. The van der Waals surface area contributed by atoms with Crippen molar-refractivity contribution in [3.8, 4) is 0 Å². The zero-order chi connectivity index (χ0) is 13.2. The van der Waals surface area contributed by atoms with E-state index in [1.54, 1.807) is 12.4 Å². The van der Waals surface area contributed by atoms with Crippen molar-refractivity contribution in [2.45, 2.75) is 26.4 Å². The molecule has 3 aromatic rings. The first-order valence-electron chi connectivity index (χ1n) is 6.27. The van der Waals surface area contributed by atoms with Crippen LogP contribution in [0, 0.1) is 6.92 Å². The molecule has 0 aliphatic rings. The van der Waals surface area contributed by atoms with Gasteiger partial charge in [-0.15, -0.1) is 0 Å². The van der Waals surface area contributed by atoms with Crippen molar-refractivity contribution in [3.05, 3.63) is 42.6 Å². The molecule has 0 spiro atoms. The normalized spacial score (nSPS) is 12.7. The first-order valence-corrected chi connectivity index (χ1v) is 6.27. The zero-order valence-electron chi connectivity index (χ0n) is 11.0. The molecule has 0 aromatic carbocycles. The lowest BCUT2D eigenvalue weighted by Crippen LogP contribution is -2.23. The van der Waals surface area contributed by atoms with Crippen LogP contribution < -0.4 is 5.32 Å². The molecule has 0 fully saturated rings. The number of nitrogens with one attached hydrogen (secondary N) is 1. The Morgan fingerprint density at radius 3 is 3.00 bits per heavy atom.